The van der Waals surface area contributed by atoms with E-state index < -0.39 is 0 Å². The first-order chi connectivity index (χ1) is 10.2. The Labute approximate surface area is 122 Å². The van der Waals surface area contributed by atoms with Crippen LogP contribution in [0.1, 0.15) is 17.5 Å². The quantitative estimate of drug-likeness (QED) is 0.852. The average Bonchev–Trinajstić information content (AvgIpc) is 2.50. The Morgan fingerprint density at radius 2 is 2.24 bits per heavy atom. The topological polar surface area (TPSA) is 64.4 Å². The predicted octanol–water partition coefficient (Wildman–Crippen LogP) is 1.03. The van der Waals surface area contributed by atoms with Crippen molar-refractivity contribution in [2.45, 2.75) is 13.0 Å². The van der Waals surface area contributed by atoms with E-state index in [1.165, 1.54) is 23.2 Å². The van der Waals surface area contributed by atoms with Crippen LogP contribution in [0.15, 0.2) is 41.6 Å². The molecular weight excluding hydrogens is 268 g/mol. The van der Waals surface area contributed by atoms with Gasteiger partial charge in [0.2, 0.25) is 0 Å². The lowest BCUT2D eigenvalue weighted by Gasteiger charge is -2.08. The SMILES string of the molecule is COc1ccc(Cn2cnccc2=O)cc1C#CCCO. The first-order valence-corrected chi connectivity index (χ1v) is 6.51. The molecule has 2 rings (SSSR count). The molecule has 0 bridgehead atoms. The van der Waals surface area contributed by atoms with Crippen molar-refractivity contribution in [2.24, 2.45) is 0 Å². The Morgan fingerprint density at radius 3 is 2.95 bits per heavy atom. The van der Waals surface area contributed by atoms with Crippen molar-refractivity contribution in [3.05, 3.63) is 58.3 Å². The highest BCUT2D eigenvalue weighted by atomic mass is 16.5. The van der Waals surface area contributed by atoms with Gasteiger partial charge < -0.3 is 9.84 Å². The fraction of sp³-hybridized carbons (Fsp3) is 0.250. The highest BCUT2D eigenvalue weighted by Crippen LogP contribution is 2.19. The van der Waals surface area contributed by atoms with Crippen LogP contribution in [0.5, 0.6) is 5.75 Å². The molecule has 0 aliphatic carbocycles. The second-order valence-electron chi connectivity index (χ2n) is 4.36. The van der Waals surface area contributed by atoms with Gasteiger partial charge in [0.05, 0.1) is 32.2 Å². The number of nitrogens with zero attached hydrogens (tertiary/aromatic N) is 2. The van der Waals surface area contributed by atoms with Gasteiger partial charge in [0, 0.05) is 18.7 Å². The average molecular weight is 284 g/mol. The molecule has 108 valence electrons. The normalized spacial score (nSPS) is 9.81. The van der Waals surface area contributed by atoms with Crippen LogP contribution in [0.4, 0.5) is 0 Å². The molecule has 5 heteroatoms. The smallest absolute Gasteiger partial charge is 0.253 e. The zero-order valence-corrected chi connectivity index (χ0v) is 11.7. The number of aliphatic hydroxyl groups excluding tert-OH is 1. The summed E-state index contributed by atoms with van der Waals surface area (Å²) in [6.45, 7) is 0.450. The standard InChI is InChI=1S/C16H16N2O3/c1-21-15-6-5-13(10-14(15)4-2-3-9-19)11-18-12-17-8-7-16(18)20/h5-8,10,12,19H,3,9,11H2,1H3. The number of ether oxygens (including phenoxy) is 1. The maximum absolute atomic E-state index is 11.7. The van der Waals surface area contributed by atoms with Crippen molar-refractivity contribution >= 4 is 0 Å². The van der Waals surface area contributed by atoms with Crippen molar-refractivity contribution in [3.8, 4) is 17.6 Å². The van der Waals surface area contributed by atoms with Gasteiger partial charge in [-0.25, -0.2) is 4.98 Å². The van der Waals surface area contributed by atoms with E-state index in [4.69, 9.17) is 9.84 Å². The Hall–Kier alpha value is -2.58. The number of methoxy groups -OCH3 is 1. The molecule has 0 atom stereocenters. The summed E-state index contributed by atoms with van der Waals surface area (Å²) in [6.07, 6.45) is 3.39. The Bertz CT molecular complexity index is 726. The molecule has 0 aliphatic rings. The fourth-order valence-electron chi connectivity index (χ4n) is 1.86. The van der Waals surface area contributed by atoms with E-state index in [-0.39, 0.29) is 12.2 Å². The van der Waals surface area contributed by atoms with Crippen LogP contribution in [0.2, 0.25) is 0 Å². The molecule has 0 amide bonds. The van der Waals surface area contributed by atoms with Crippen molar-refractivity contribution in [1.82, 2.24) is 9.55 Å². The lowest BCUT2D eigenvalue weighted by atomic mass is 10.1. The molecule has 0 saturated carbocycles. The van der Waals surface area contributed by atoms with Crippen molar-refractivity contribution in [1.29, 1.82) is 0 Å². The summed E-state index contributed by atoms with van der Waals surface area (Å²) in [7, 11) is 1.58. The minimum Gasteiger partial charge on any atom is -0.495 e. The van der Waals surface area contributed by atoms with Gasteiger partial charge in [-0.3, -0.25) is 9.36 Å². The van der Waals surface area contributed by atoms with Crippen molar-refractivity contribution in [3.63, 3.8) is 0 Å². The second-order valence-corrected chi connectivity index (χ2v) is 4.36. The number of aromatic nitrogens is 2. The van der Waals surface area contributed by atoms with E-state index in [9.17, 15) is 4.79 Å². The van der Waals surface area contributed by atoms with E-state index in [0.717, 1.165) is 11.1 Å². The Morgan fingerprint density at radius 1 is 1.38 bits per heavy atom. The van der Waals surface area contributed by atoms with Crippen LogP contribution in [-0.4, -0.2) is 28.4 Å². The number of aliphatic hydroxyl groups is 1. The molecule has 5 nitrogen and oxygen atoms in total. The second kappa shape index (κ2) is 7.27. The molecule has 0 fully saturated rings. The highest BCUT2D eigenvalue weighted by molar-refractivity contribution is 5.48. The molecule has 1 N–H and O–H groups in total. The predicted molar refractivity (Wildman–Crippen MR) is 79.2 cm³/mol. The van der Waals surface area contributed by atoms with Crippen molar-refractivity contribution in [2.75, 3.05) is 13.7 Å². The van der Waals surface area contributed by atoms with Crippen LogP contribution in [0.25, 0.3) is 0 Å². The Balaban J connectivity index is 2.30. The third kappa shape index (κ3) is 3.94. The number of hydrogen-bond acceptors (Lipinski definition) is 4. The fourth-order valence-corrected chi connectivity index (χ4v) is 1.86. The summed E-state index contributed by atoms with van der Waals surface area (Å²) >= 11 is 0. The van der Waals surface area contributed by atoms with Gasteiger partial charge >= 0.3 is 0 Å². The van der Waals surface area contributed by atoms with E-state index in [2.05, 4.69) is 16.8 Å². The first kappa shape index (κ1) is 14.8. The molecule has 1 aromatic heterocycles. The summed E-state index contributed by atoms with van der Waals surface area (Å²) in [5.74, 6) is 6.50. The van der Waals surface area contributed by atoms with E-state index >= 15 is 0 Å². The molecule has 1 heterocycles. The van der Waals surface area contributed by atoms with Gasteiger partial charge in [0.15, 0.2) is 0 Å². The largest absolute Gasteiger partial charge is 0.495 e. The molecule has 1 aromatic carbocycles. The molecule has 0 unspecified atom stereocenters. The molecule has 0 spiro atoms. The zero-order chi connectivity index (χ0) is 15.1. The van der Waals surface area contributed by atoms with Crippen LogP contribution in [-0.2, 0) is 6.54 Å². The molecule has 0 radical (unpaired) electrons. The van der Waals surface area contributed by atoms with E-state index in [0.29, 0.717) is 18.7 Å². The number of benzene rings is 1. The zero-order valence-electron chi connectivity index (χ0n) is 11.7. The molecule has 2 aromatic rings. The summed E-state index contributed by atoms with van der Waals surface area (Å²) < 4.78 is 6.78. The van der Waals surface area contributed by atoms with Crippen LogP contribution in [0, 0.1) is 11.8 Å². The molecule has 21 heavy (non-hydrogen) atoms. The lowest BCUT2D eigenvalue weighted by molar-refractivity contribution is 0.305. The van der Waals surface area contributed by atoms with Crippen LogP contribution in [0.3, 0.4) is 0 Å². The van der Waals surface area contributed by atoms with Gasteiger partial charge in [-0.1, -0.05) is 17.9 Å². The van der Waals surface area contributed by atoms with Gasteiger partial charge in [-0.05, 0) is 17.7 Å². The van der Waals surface area contributed by atoms with Gasteiger partial charge in [-0.2, -0.15) is 0 Å². The summed E-state index contributed by atoms with van der Waals surface area (Å²) in [5, 5.41) is 8.77. The monoisotopic (exact) mass is 284 g/mol. The Kier molecular flexibility index (Phi) is 5.13. The minimum atomic E-state index is -0.103. The van der Waals surface area contributed by atoms with Gasteiger partial charge in [-0.15, -0.1) is 0 Å². The van der Waals surface area contributed by atoms with Crippen molar-refractivity contribution < 1.29 is 9.84 Å². The lowest BCUT2D eigenvalue weighted by Crippen LogP contribution is -2.19. The third-order valence-electron chi connectivity index (χ3n) is 2.87. The molecular formula is C16H16N2O3. The first-order valence-electron chi connectivity index (χ1n) is 6.51. The maximum atomic E-state index is 11.7. The maximum Gasteiger partial charge on any atom is 0.253 e. The van der Waals surface area contributed by atoms with E-state index in [1.807, 2.05) is 18.2 Å². The van der Waals surface area contributed by atoms with Gasteiger partial charge in [0.1, 0.15) is 5.75 Å². The summed E-state index contributed by atoms with van der Waals surface area (Å²) in [4.78, 5) is 15.6. The van der Waals surface area contributed by atoms with Gasteiger partial charge in [0.25, 0.3) is 5.56 Å². The molecule has 0 aliphatic heterocycles. The third-order valence-corrected chi connectivity index (χ3v) is 2.87. The van der Waals surface area contributed by atoms with Crippen LogP contribution >= 0.6 is 0 Å². The highest BCUT2D eigenvalue weighted by Gasteiger charge is 2.04. The minimum absolute atomic E-state index is 0.0279. The number of rotatable bonds is 4. The van der Waals surface area contributed by atoms with Crippen LogP contribution < -0.4 is 10.3 Å². The molecule has 0 saturated heterocycles. The number of hydrogen-bond donors (Lipinski definition) is 1. The summed E-state index contributed by atoms with van der Waals surface area (Å²) in [5.41, 5.74) is 1.56. The summed E-state index contributed by atoms with van der Waals surface area (Å²) in [6, 6.07) is 7.00. The van der Waals surface area contributed by atoms with E-state index in [1.54, 1.807) is 7.11 Å².